The second kappa shape index (κ2) is 8.80. The van der Waals surface area contributed by atoms with Gasteiger partial charge in [-0.25, -0.2) is 9.69 Å². The number of amides is 2. The van der Waals surface area contributed by atoms with E-state index in [1.54, 1.807) is 37.3 Å². The summed E-state index contributed by atoms with van der Waals surface area (Å²) in [4.78, 5) is 34.9. The van der Waals surface area contributed by atoms with Crippen LogP contribution in [-0.4, -0.2) is 17.8 Å². The molecule has 0 aliphatic carbocycles. The Morgan fingerprint density at radius 1 is 0.828 bits per heavy atom. The smallest absolute Gasteiger partial charge is 0.338 e. The van der Waals surface area contributed by atoms with Crippen LogP contribution in [0, 0.1) is 0 Å². The second-order valence-electron chi connectivity index (χ2n) is 6.36. The molecule has 1 heterocycles. The lowest BCUT2D eigenvalue weighted by Crippen LogP contribution is -2.29. The molecule has 5 nitrogen and oxygen atoms in total. The maximum absolute atomic E-state index is 11.3. The number of carbonyl (C=O) groups is 3. The zero-order valence-corrected chi connectivity index (χ0v) is 15.9. The van der Waals surface area contributed by atoms with Crippen LogP contribution in [0.4, 0.5) is 5.69 Å². The van der Waals surface area contributed by atoms with E-state index >= 15 is 0 Å². The average molecular weight is 385 g/mol. The molecule has 1 aliphatic rings. The van der Waals surface area contributed by atoms with Gasteiger partial charge in [-0.3, -0.25) is 9.59 Å². The summed E-state index contributed by atoms with van der Waals surface area (Å²) >= 11 is 0. The van der Waals surface area contributed by atoms with Crippen molar-refractivity contribution in [2.24, 2.45) is 0 Å². The first-order valence-corrected chi connectivity index (χ1v) is 8.93. The topological polar surface area (TPSA) is 63.7 Å². The van der Waals surface area contributed by atoms with E-state index in [0.717, 1.165) is 15.7 Å². The Hall–Kier alpha value is -3.99. The molecule has 29 heavy (non-hydrogen) atoms. The summed E-state index contributed by atoms with van der Waals surface area (Å²) in [6.07, 6.45) is 2.55. The number of anilines is 1. The fraction of sp³-hybridized carbons (Fsp3) is 0.0417. The number of benzene rings is 3. The number of rotatable bonds is 3. The standard InChI is InChI=1S/C14H12O2.C10H7NO2/c1-10(2)14(15)16-13-8-7-11-5-3-4-6-12(11)9-13;12-9-6-7-10(13)11(9)8-4-2-1-3-5-8/h3-9H,1H2,2H3;1-7H. The van der Waals surface area contributed by atoms with E-state index in [1.807, 2.05) is 42.5 Å². The van der Waals surface area contributed by atoms with E-state index in [9.17, 15) is 14.4 Å². The zero-order chi connectivity index (χ0) is 20.8. The van der Waals surface area contributed by atoms with Crippen molar-refractivity contribution >= 4 is 34.2 Å². The van der Waals surface area contributed by atoms with Gasteiger partial charge in [0.15, 0.2) is 0 Å². The third-order valence-electron chi connectivity index (χ3n) is 4.10. The van der Waals surface area contributed by atoms with Crippen LogP contribution in [0.15, 0.2) is 97.1 Å². The second-order valence-corrected chi connectivity index (χ2v) is 6.36. The highest BCUT2D eigenvalue weighted by Gasteiger charge is 2.24. The van der Waals surface area contributed by atoms with Crippen LogP contribution in [0.25, 0.3) is 10.8 Å². The highest BCUT2D eigenvalue weighted by atomic mass is 16.5. The van der Waals surface area contributed by atoms with Crippen molar-refractivity contribution < 1.29 is 19.1 Å². The minimum absolute atomic E-state index is 0.281. The summed E-state index contributed by atoms with van der Waals surface area (Å²) in [6.45, 7) is 5.17. The van der Waals surface area contributed by atoms with Crippen LogP contribution in [0.1, 0.15) is 6.92 Å². The zero-order valence-electron chi connectivity index (χ0n) is 15.9. The molecule has 0 fully saturated rings. The lowest BCUT2D eigenvalue weighted by Gasteiger charge is -2.12. The molecule has 0 bridgehead atoms. The fourth-order valence-corrected chi connectivity index (χ4v) is 2.66. The maximum Gasteiger partial charge on any atom is 0.338 e. The van der Waals surface area contributed by atoms with E-state index in [-0.39, 0.29) is 11.8 Å². The summed E-state index contributed by atoms with van der Waals surface area (Å²) in [5.41, 5.74) is 1.01. The van der Waals surface area contributed by atoms with Gasteiger partial charge >= 0.3 is 5.97 Å². The molecule has 0 unspecified atom stereocenters. The number of carbonyl (C=O) groups excluding carboxylic acids is 3. The lowest BCUT2D eigenvalue weighted by atomic mass is 10.1. The summed E-state index contributed by atoms with van der Waals surface area (Å²) in [5, 5.41) is 2.17. The Balaban J connectivity index is 0.000000169. The van der Waals surface area contributed by atoms with Crippen LogP contribution in [0.5, 0.6) is 5.75 Å². The first kappa shape index (κ1) is 19.8. The molecule has 0 radical (unpaired) electrons. The predicted molar refractivity (Wildman–Crippen MR) is 112 cm³/mol. The minimum atomic E-state index is -0.393. The highest BCUT2D eigenvalue weighted by molar-refractivity contribution is 6.28. The van der Waals surface area contributed by atoms with E-state index in [4.69, 9.17) is 4.74 Å². The van der Waals surface area contributed by atoms with Gasteiger partial charge in [0.2, 0.25) is 0 Å². The molecule has 0 atom stereocenters. The lowest BCUT2D eigenvalue weighted by molar-refractivity contribution is -0.130. The highest BCUT2D eigenvalue weighted by Crippen LogP contribution is 2.21. The summed E-state index contributed by atoms with van der Waals surface area (Å²) < 4.78 is 5.15. The van der Waals surface area contributed by atoms with Crippen molar-refractivity contribution in [1.29, 1.82) is 0 Å². The number of ether oxygens (including phenoxy) is 1. The molecule has 0 saturated carbocycles. The van der Waals surface area contributed by atoms with Crippen LogP contribution < -0.4 is 9.64 Å². The molecular formula is C24H19NO4. The Morgan fingerprint density at radius 3 is 2.03 bits per heavy atom. The third-order valence-corrected chi connectivity index (χ3v) is 4.10. The molecule has 3 aromatic rings. The van der Waals surface area contributed by atoms with Crippen molar-refractivity contribution in [3.05, 3.63) is 97.1 Å². The fourth-order valence-electron chi connectivity index (χ4n) is 2.66. The van der Waals surface area contributed by atoms with Crippen LogP contribution in [0.2, 0.25) is 0 Å². The first-order chi connectivity index (χ1) is 14.0. The molecule has 0 saturated heterocycles. The molecule has 5 heteroatoms. The summed E-state index contributed by atoms with van der Waals surface area (Å²) in [6, 6.07) is 22.3. The molecular weight excluding hydrogens is 366 g/mol. The summed E-state index contributed by atoms with van der Waals surface area (Å²) in [7, 11) is 0. The Kier molecular flexibility index (Phi) is 6.00. The van der Waals surface area contributed by atoms with E-state index in [0.29, 0.717) is 17.0 Å². The van der Waals surface area contributed by atoms with Gasteiger partial charge in [-0.05, 0) is 42.0 Å². The largest absolute Gasteiger partial charge is 0.423 e. The van der Waals surface area contributed by atoms with Gasteiger partial charge in [0, 0.05) is 17.7 Å². The number of nitrogens with zero attached hydrogens (tertiary/aromatic N) is 1. The van der Waals surface area contributed by atoms with Crippen molar-refractivity contribution in [3.8, 4) is 5.75 Å². The predicted octanol–water partition coefficient (Wildman–Crippen LogP) is 4.44. The van der Waals surface area contributed by atoms with Gasteiger partial charge < -0.3 is 4.74 Å². The van der Waals surface area contributed by atoms with Gasteiger partial charge in [0.1, 0.15) is 5.75 Å². The van der Waals surface area contributed by atoms with Crippen LogP contribution in [0.3, 0.4) is 0 Å². The first-order valence-electron chi connectivity index (χ1n) is 8.93. The molecule has 0 N–H and O–H groups in total. The normalized spacial score (nSPS) is 12.5. The number of hydrogen-bond donors (Lipinski definition) is 0. The Labute approximate surface area is 168 Å². The number of esters is 1. The van der Waals surface area contributed by atoms with Crippen molar-refractivity contribution in [2.45, 2.75) is 6.92 Å². The van der Waals surface area contributed by atoms with Crippen LogP contribution in [-0.2, 0) is 14.4 Å². The van der Waals surface area contributed by atoms with Gasteiger partial charge in [0.05, 0.1) is 5.69 Å². The number of imide groups is 1. The number of fused-ring (bicyclic) bond motifs is 1. The van der Waals surface area contributed by atoms with Gasteiger partial charge in [-0.1, -0.05) is 55.1 Å². The average Bonchev–Trinajstić information content (AvgIpc) is 3.07. The Morgan fingerprint density at radius 2 is 1.41 bits per heavy atom. The quantitative estimate of drug-likeness (QED) is 0.289. The molecule has 0 spiro atoms. The van der Waals surface area contributed by atoms with E-state index in [1.165, 1.54) is 12.2 Å². The molecule has 0 aromatic heterocycles. The van der Waals surface area contributed by atoms with Crippen molar-refractivity contribution in [2.75, 3.05) is 4.90 Å². The SMILES string of the molecule is C=C(C)C(=O)Oc1ccc2ccccc2c1.O=C1C=CC(=O)N1c1ccccc1. The summed E-state index contributed by atoms with van der Waals surface area (Å²) in [5.74, 6) is -0.408. The van der Waals surface area contributed by atoms with Crippen molar-refractivity contribution in [1.82, 2.24) is 0 Å². The van der Waals surface area contributed by atoms with Crippen LogP contribution >= 0.6 is 0 Å². The van der Waals surface area contributed by atoms with E-state index < -0.39 is 5.97 Å². The number of para-hydroxylation sites is 1. The molecule has 2 amide bonds. The van der Waals surface area contributed by atoms with Gasteiger partial charge in [-0.15, -0.1) is 0 Å². The number of hydrogen-bond acceptors (Lipinski definition) is 4. The van der Waals surface area contributed by atoms with E-state index in [2.05, 4.69) is 6.58 Å². The molecule has 3 aromatic carbocycles. The van der Waals surface area contributed by atoms with Gasteiger partial charge in [0.25, 0.3) is 11.8 Å². The molecule has 1 aliphatic heterocycles. The maximum atomic E-state index is 11.3. The van der Waals surface area contributed by atoms with Crippen molar-refractivity contribution in [3.63, 3.8) is 0 Å². The Bertz CT molecular complexity index is 1100. The molecule has 144 valence electrons. The molecule has 4 rings (SSSR count). The monoisotopic (exact) mass is 385 g/mol. The van der Waals surface area contributed by atoms with Gasteiger partial charge in [-0.2, -0.15) is 0 Å². The third kappa shape index (κ3) is 4.84. The minimum Gasteiger partial charge on any atom is -0.423 e.